The molecule has 2 aromatic carbocycles. The van der Waals surface area contributed by atoms with Gasteiger partial charge < -0.3 is 24.6 Å². The number of amides is 3. The van der Waals surface area contributed by atoms with Gasteiger partial charge in [-0.15, -0.1) is 0 Å². The van der Waals surface area contributed by atoms with Crippen molar-refractivity contribution in [3.8, 4) is 11.5 Å². The third-order valence-corrected chi connectivity index (χ3v) is 6.12. The lowest BCUT2D eigenvalue weighted by Gasteiger charge is -2.29. The highest BCUT2D eigenvalue weighted by atomic mass is 16.7. The van der Waals surface area contributed by atoms with E-state index in [1.807, 2.05) is 34.1 Å². The van der Waals surface area contributed by atoms with Crippen molar-refractivity contribution in [1.82, 2.24) is 9.80 Å². The van der Waals surface area contributed by atoms with Crippen molar-refractivity contribution in [1.29, 1.82) is 0 Å². The summed E-state index contributed by atoms with van der Waals surface area (Å²) < 4.78 is 10.7. The summed E-state index contributed by atoms with van der Waals surface area (Å²) in [5.41, 5.74) is 1.81. The van der Waals surface area contributed by atoms with E-state index in [-0.39, 0.29) is 36.6 Å². The minimum Gasteiger partial charge on any atom is -0.454 e. The van der Waals surface area contributed by atoms with Crippen molar-refractivity contribution in [2.24, 2.45) is 11.8 Å². The highest BCUT2D eigenvalue weighted by molar-refractivity contribution is 5.90. The van der Waals surface area contributed by atoms with Crippen LogP contribution in [0, 0.1) is 11.8 Å². The number of benzene rings is 2. The molecule has 2 fully saturated rings. The zero-order chi connectivity index (χ0) is 20.0. The lowest BCUT2D eigenvalue weighted by Crippen LogP contribution is -2.38. The van der Waals surface area contributed by atoms with Crippen LogP contribution >= 0.6 is 0 Å². The van der Waals surface area contributed by atoms with Crippen molar-refractivity contribution in [2.45, 2.75) is 13.0 Å². The van der Waals surface area contributed by atoms with Gasteiger partial charge in [-0.25, -0.2) is 4.79 Å². The number of urea groups is 1. The number of hydrogen-bond donors (Lipinski definition) is 1. The largest absolute Gasteiger partial charge is 0.454 e. The number of fused-ring (bicyclic) bond motifs is 2. The number of likely N-dealkylation sites (tertiary alicyclic amines) is 2. The van der Waals surface area contributed by atoms with Crippen LogP contribution in [0.2, 0.25) is 0 Å². The summed E-state index contributed by atoms with van der Waals surface area (Å²) in [6, 6.07) is 15.4. The van der Waals surface area contributed by atoms with Gasteiger partial charge in [0, 0.05) is 50.1 Å². The number of rotatable bonds is 2. The highest BCUT2D eigenvalue weighted by Gasteiger charge is 2.49. The molecule has 0 bridgehead atoms. The molecule has 3 aliphatic heterocycles. The van der Waals surface area contributed by atoms with Gasteiger partial charge in [-0.1, -0.05) is 30.3 Å². The van der Waals surface area contributed by atoms with Crippen LogP contribution in [0.5, 0.6) is 11.5 Å². The summed E-state index contributed by atoms with van der Waals surface area (Å²) in [6.45, 7) is 3.79. The molecule has 0 unspecified atom stereocenters. The van der Waals surface area contributed by atoms with Crippen molar-refractivity contribution >= 4 is 17.6 Å². The van der Waals surface area contributed by atoms with E-state index in [9.17, 15) is 9.59 Å². The van der Waals surface area contributed by atoms with Crippen LogP contribution in [0.3, 0.4) is 0 Å². The number of nitrogens with zero attached hydrogens (tertiary/aromatic N) is 2. The molecule has 7 heteroatoms. The summed E-state index contributed by atoms with van der Waals surface area (Å²) in [5.74, 6) is 1.94. The van der Waals surface area contributed by atoms with Gasteiger partial charge in [0.1, 0.15) is 0 Å². The van der Waals surface area contributed by atoms with E-state index in [1.54, 1.807) is 19.1 Å². The van der Waals surface area contributed by atoms with Crippen molar-refractivity contribution in [2.75, 3.05) is 31.7 Å². The number of anilines is 1. The van der Waals surface area contributed by atoms with Gasteiger partial charge in [0.05, 0.1) is 6.04 Å². The zero-order valence-electron chi connectivity index (χ0n) is 16.2. The van der Waals surface area contributed by atoms with E-state index in [0.717, 1.165) is 5.56 Å². The zero-order valence-corrected chi connectivity index (χ0v) is 16.2. The van der Waals surface area contributed by atoms with Crippen LogP contribution in [0.15, 0.2) is 48.5 Å². The van der Waals surface area contributed by atoms with E-state index in [2.05, 4.69) is 17.4 Å². The Morgan fingerprint density at radius 1 is 1.00 bits per heavy atom. The van der Waals surface area contributed by atoms with Crippen LogP contribution in [0.1, 0.15) is 18.5 Å². The predicted molar refractivity (Wildman–Crippen MR) is 107 cm³/mol. The Hall–Kier alpha value is -3.22. The van der Waals surface area contributed by atoms with Gasteiger partial charge in [0.15, 0.2) is 11.5 Å². The van der Waals surface area contributed by atoms with Crippen LogP contribution < -0.4 is 14.8 Å². The summed E-state index contributed by atoms with van der Waals surface area (Å²) in [4.78, 5) is 28.9. The van der Waals surface area contributed by atoms with E-state index in [0.29, 0.717) is 36.8 Å². The standard InChI is InChI=1S/C22H23N3O4/c1-14(26)25-11-16-10-24(12-18(16)21(25)15-5-3-2-4-6-15)22(27)23-17-7-8-19-20(9-17)29-13-28-19/h2-9,16,18,21H,10-13H2,1H3,(H,23,27)/t16-,18-,21+/m1/s1. The molecule has 0 aromatic heterocycles. The Labute approximate surface area is 169 Å². The lowest BCUT2D eigenvalue weighted by atomic mass is 9.89. The first-order chi connectivity index (χ1) is 14.1. The molecule has 3 heterocycles. The monoisotopic (exact) mass is 393 g/mol. The first-order valence-corrected chi connectivity index (χ1v) is 9.88. The average Bonchev–Trinajstić information content (AvgIpc) is 3.42. The predicted octanol–water partition coefficient (Wildman–Crippen LogP) is 3.10. The molecule has 5 rings (SSSR count). The van der Waals surface area contributed by atoms with Crippen molar-refractivity contribution < 1.29 is 19.1 Å². The molecule has 7 nitrogen and oxygen atoms in total. The van der Waals surface area contributed by atoms with E-state index < -0.39 is 0 Å². The van der Waals surface area contributed by atoms with Gasteiger partial charge in [0.2, 0.25) is 12.7 Å². The molecule has 0 aliphatic carbocycles. The fourth-order valence-corrected chi connectivity index (χ4v) is 4.79. The number of carbonyl (C=O) groups is 2. The Morgan fingerprint density at radius 3 is 2.59 bits per heavy atom. The summed E-state index contributed by atoms with van der Waals surface area (Å²) >= 11 is 0. The van der Waals surface area contributed by atoms with E-state index in [1.165, 1.54) is 0 Å². The molecule has 3 amide bonds. The summed E-state index contributed by atoms with van der Waals surface area (Å²) in [5, 5.41) is 2.96. The maximum Gasteiger partial charge on any atom is 0.321 e. The molecule has 0 spiro atoms. The molecule has 3 aliphatic rings. The van der Waals surface area contributed by atoms with Gasteiger partial charge in [-0.3, -0.25) is 4.79 Å². The molecule has 1 N–H and O–H groups in total. The first kappa shape index (κ1) is 17.8. The number of ether oxygens (including phenoxy) is 2. The summed E-state index contributed by atoms with van der Waals surface area (Å²) in [7, 11) is 0. The highest BCUT2D eigenvalue weighted by Crippen LogP contribution is 2.45. The van der Waals surface area contributed by atoms with Gasteiger partial charge in [-0.05, 0) is 17.7 Å². The molecule has 2 saturated heterocycles. The molecular weight excluding hydrogens is 370 g/mol. The SMILES string of the molecule is CC(=O)N1C[C@H]2CN(C(=O)Nc3ccc4c(c3)OCO4)C[C@H]2[C@@H]1c1ccccc1. The maximum absolute atomic E-state index is 12.9. The topological polar surface area (TPSA) is 71.1 Å². The minimum atomic E-state index is -0.126. The summed E-state index contributed by atoms with van der Waals surface area (Å²) in [6.07, 6.45) is 0. The maximum atomic E-state index is 12.9. The molecule has 0 saturated carbocycles. The quantitative estimate of drug-likeness (QED) is 0.851. The Bertz CT molecular complexity index is 948. The smallest absolute Gasteiger partial charge is 0.321 e. The average molecular weight is 393 g/mol. The number of carbonyl (C=O) groups excluding carboxylic acids is 2. The van der Waals surface area contributed by atoms with E-state index >= 15 is 0 Å². The van der Waals surface area contributed by atoms with Crippen molar-refractivity contribution in [3.05, 3.63) is 54.1 Å². The van der Waals surface area contributed by atoms with Crippen LogP contribution in [0.4, 0.5) is 10.5 Å². The molecule has 150 valence electrons. The minimum absolute atomic E-state index is 0.0158. The third kappa shape index (κ3) is 3.16. The molecule has 0 radical (unpaired) electrons. The number of hydrogen-bond acceptors (Lipinski definition) is 4. The Kier molecular flexibility index (Phi) is 4.30. The van der Waals surface area contributed by atoms with Gasteiger partial charge >= 0.3 is 6.03 Å². The fraction of sp³-hybridized carbons (Fsp3) is 0.364. The second kappa shape index (κ2) is 6.99. The van der Waals surface area contributed by atoms with Gasteiger partial charge in [-0.2, -0.15) is 0 Å². The normalized spacial score (nSPS) is 24.5. The molecule has 2 aromatic rings. The molecule has 3 atom stereocenters. The number of nitrogens with one attached hydrogen (secondary N) is 1. The van der Waals surface area contributed by atoms with Crippen molar-refractivity contribution in [3.63, 3.8) is 0 Å². The molecule has 29 heavy (non-hydrogen) atoms. The Balaban J connectivity index is 1.31. The second-order valence-electron chi connectivity index (χ2n) is 7.85. The van der Waals surface area contributed by atoms with Crippen LogP contribution in [0.25, 0.3) is 0 Å². The first-order valence-electron chi connectivity index (χ1n) is 9.88. The second-order valence-corrected chi connectivity index (χ2v) is 7.85. The van der Waals surface area contributed by atoms with Crippen LogP contribution in [-0.4, -0.2) is 48.2 Å². The van der Waals surface area contributed by atoms with Crippen LogP contribution in [-0.2, 0) is 4.79 Å². The Morgan fingerprint density at radius 2 is 1.79 bits per heavy atom. The molecular formula is C22H23N3O4. The fourth-order valence-electron chi connectivity index (χ4n) is 4.79. The van der Waals surface area contributed by atoms with E-state index in [4.69, 9.17) is 9.47 Å². The van der Waals surface area contributed by atoms with Gasteiger partial charge in [0.25, 0.3) is 0 Å². The lowest BCUT2D eigenvalue weighted by molar-refractivity contribution is -0.130. The third-order valence-electron chi connectivity index (χ3n) is 6.12.